The maximum atomic E-state index is 10.9. The van der Waals surface area contributed by atoms with Gasteiger partial charge in [0, 0.05) is 18.2 Å². The zero-order valence-corrected chi connectivity index (χ0v) is 12.8. The van der Waals surface area contributed by atoms with Crippen molar-refractivity contribution < 1.29 is 14.6 Å². The van der Waals surface area contributed by atoms with Gasteiger partial charge >= 0.3 is 5.97 Å². The number of ether oxygens (including phenoxy) is 1. The molecule has 2 aliphatic carbocycles. The van der Waals surface area contributed by atoms with Crippen molar-refractivity contribution in [3.05, 3.63) is 41.1 Å². The van der Waals surface area contributed by atoms with Crippen molar-refractivity contribution in [1.82, 2.24) is 4.98 Å². The van der Waals surface area contributed by atoms with Gasteiger partial charge in [-0.3, -0.25) is 4.98 Å². The SMILES string of the molecule is COC1CC1.O=C(O)c1ccc2nc3c(cc2c1)CCCC3. The van der Waals surface area contributed by atoms with Crippen LogP contribution >= 0.6 is 0 Å². The van der Waals surface area contributed by atoms with Gasteiger partial charge in [-0.15, -0.1) is 0 Å². The van der Waals surface area contributed by atoms with Gasteiger partial charge in [0.2, 0.25) is 0 Å². The van der Waals surface area contributed by atoms with Crippen molar-refractivity contribution in [2.45, 2.75) is 44.6 Å². The first-order valence-electron chi connectivity index (χ1n) is 7.86. The van der Waals surface area contributed by atoms with Gasteiger partial charge in [-0.25, -0.2) is 4.79 Å². The molecule has 0 spiro atoms. The van der Waals surface area contributed by atoms with Crippen LogP contribution in [0.5, 0.6) is 0 Å². The molecule has 0 unspecified atom stereocenters. The van der Waals surface area contributed by atoms with Crippen LogP contribution in [-0.4, -0.2) is 29.3 Å². The fourth-order valence-corrected chi connectivity index (χ4v) is 2.74. The Morgan fingerprint density at radius 1 is 1.23 bits per heavy atom. The van der Waals surface area contributed by atoms with Gasteiger partial charge in [-0.05, 0) is 68.4 Å². The number of aromatic carboxylic acids is 1. The third-order valence-electron chi connectivity index (χ3n) is 4.20. The highest BCUT2D eigenvalue weighted by Gasteiger charge is 2.19. The van der Waals surface area contributed by atoms with Crippen LogP contribution in [0, 0.1) is 0 Å². The Morgan fingerprint density at radius 2 is 2.00 bits per heavy atom. The van der Waals surface area contributed by atoms with Crippen molar-refractivity contribution in [2.24, 2.45) is 0 Å². The fraction of sp³-hybridized carbons (Fsp3) is 0.444. The predicted molar refractivity (Wildman–Crippen MR) is 85.4 cm³/mol. The Labute approximate surface area is 130 Å². The molecule has 0 amide bonds. The molecule has 0 atom stereocenters. The van der Waals surface area contributed by atoms with Crippen LogP contribution < -0.4 is 0 Å². The van der Waals surface area contributed by atoms with Crippen molar-refractivity contribution >= 4 is 16.9 Å². The summed E-state index contributed by atoms with van der Waals surface area (Å²) in [5, 5.41) is 9.90. The number of hydrogen-bond donors (Lipinski definition) is 1. The first kappa shape index (κ1) is 15.0. The third-order valence-corrected chi connectivity index (χ3v) is 4.20. The summed E-state index contributed by atoms with van der Waals surface area (Å²) in [5.74, 6) is -0.885. The second-order valence-electron chi connectivity index (χ2n) is 5.95. The number of methoxy groups -OCH3 is 1. The molecule has 1 aromatic carbocycles. The zero-order chi connectivity index (χ0) is 15.5. The Kier molecular flexibility index (Phi) is 4.39. The van der Waals surface area contributed by atoms with Gasteiger partial charge < -0.3 is 9.84 Å². The standard InChI is InChI=1S/C14H13NO2.C4H8O/c16-14(17)10-5-6-13-11(8-10)7-9-3-1-2-4-12(9)15-13;1-5-4-2-3-4/h5-8H,1-4H2,(H,16,17);4H,2-3H2,1H3. The molecule has 1 aromatic heterocycles. The Bertz CT molecular complexity index is 692. The van der Waals surface area contributed by atoms with Crippen LogP contribution in [0.4, 0.5) is 0 Å². The highest BCUT2D eigenvalue weighted by Crippen LogP contribution is 2.24. The molecular formula is C18H21NO3. The molecule has 1 saturated carbocycles. The average molecular weight is 299 g/mol. The third kappa shape index (κ3) is 3.45. The second kappa shape index (κ2) is 6.44. The van der Waals surface area contributed by atoms with Crippen LogP contribution in [0.2, 0.25) is 0 Å². The number of benzene rings is 1. The van der Waals surface area contributed by atoms with Gasteiger partial charge in [0.25, 0.3) is 0 Å². The summed E-state index contributed by atoms with van der Waals surface area (Å²) in [7, 11) is 1.76. The molecule has 0 radical (unpaired) electrons. The van der Waals surface area contributed by atoms with E-state index >= 15 is 0 Å². The van der Waals surface area contributed by atoms with E-state index in [1.807, 2.05) is 0 Å². The number of rotatable bonds is 2. The highest BCUT2D eigenvalue weighted by atomic mass is 16.5. The van der Waals surface area contributed by atoms with E-state index in [1.165, 1.54) is 36.9 Å². The van der Waals surface area contributed by atoms with Crippen molar-refractivity contribution in [3.63, 3.8) is 0 Å². The quantitative estimate of drug-likeness (QED) is 0.920. The summed E-state index contributed by atoms with van der Waals surface area (Å²) in [6.45, 7) is 0. The van der Waals surface area contributed by atoms with Gasteiger partial charge in [0.05, 0.1) is 17.2 Å². The van der Waals surface area contributed by atoms with E-state index in [9.17, 15) is 4.79 Å². The summed E-state index contributed by atoms with van der Waals surface area (Å²) in [6, 6.07) is 7.23. The Balaban J connectivity index is 0.000000246. The lowest BCUT2D eigenvalue weighted by atomic mass is 9.94. The molecule has 1 N–H and O–H groups in total. The van der Waals surface area contributed by atoms with Crippen molar-refractivity contribution in [3.8, 4) is 0 Å². The molecule has 1 fully saturated rings. The van der Waals surface area contributed by atoms with Crippen LogP contribution in [0.25, 0.3) is 10.9 Å². The number of carbonyl (C=O) groups is 1. The first-order chi connectivity index (χ1) is 10.7. The Morgan fingerprint density at radius 3 is 2.64 bits per heavy atom. The molecule has 4 nitrogen and oxygen atoms in total. The van der Waals surface area contributed by atoms with Crippen LogP contribution in [0.1, 0.15) is 47.3 Å². The fourth-order valence-electron chi connectivity index (χ4n) is 2.74. The molecule has 1 heterocycles. The minimum Gasteiger partial charge on any atom is -0.478 e. The number of aromatic nitrogens is 1. The number of carboxylic acids is 1. The van der Waals surface area contributed by atoms with Crippen LogP contribution in [0.3, 0.4) is 0 Å². The van der Waals surface area contributed by atoms with E-state index < -0.39 is 5.97 Å². The van der Waals surface area contributed by atoms with Crippen LogP contribution in [-0.2, 0) is 17.6 Å². The van der Waals surface area contributed by atoms with Gasteiger partial charge in [0.15, 0.2) is 0 Å². The normalized spacial score (nSPS) is 16.6. The topological polar surface area (TPSA) is 59.4 Å². The number of aryl methyl sites for hydroxylation is 2. The second-order valence-corrected chi connectivity index (χ2v) is 5.95. The highest BCUT2D eigenvalue weighted by molar-refractivity contribution is 5.93. The molecule has 22 heavy (non-hydrogen) atoms. The lowest BCUT2D eigenvalue weighted by molar-refractivity contribution is 0.0697. The van der Waals surface area contributed by atoms with Gasteiger partial charge in [-0.1, -0.05) is 0 Å². The van der Waals surface area contributed by atoms with Gasteiger partial charge in [0.1, 0.15) is 0 Å². The van der Waals surface area contributed by atoms with Crippen molar-refractivity contribution in [2.75, 3.05) is 7.11 Å². The van der Waals surface area contributed by atoms with Crippen molar-refractivity contribution in [1.29, 1.82) is 0 Å². The number of hydrogen-bond acceptors (Lipinski definition) is 3. The lowest BCUT2D eigenvalue weighted by Crippen LogP contribution is -2.05. The molecule has 116 valence electrons. The zero-order valence-electron chi connectivity index (χ0n) is 12.8. The average Bonchev–Trinajstić information content (AvgIpc) is 3.37. The maximum absolute atomic E-state index is 10.9. The van der Waals surface area contributed by atoms with E-state index in [4.69, 9.17) is 9.84 Å². The number of carboxylic acid groups (broad SMARTS) is 1. The van der Waals surface area contributed by atoms with Gasteiger partial charge in [-0.2, -0.15) is 0 Å². The molecule has 0 bridgehead atoms. The molecule has 2 aromatic rings. The van der Waals surface area contributed by atoms with E-state index in [-0.39, 0.29) is 0 Å². The summed E-state index contributed by atoms with van der Waals surface area (Å²) in [4.78, 5) is 15.5. The monoisotopic (exact) mass is 299 g/mol. The van der Waals surface area contributed by atoms with E-state index in [1.54, 1.807) is 25.3 Å². The summed E-state index contributed by atoms with van der Waals surface area (Å²) >= 11 is 0. The lowest BCUT2D eigenvalue weighted by Gasteiger charge is -2.15. The largest absolute Gasteiger partial charge is 0.478 e. The molecule has 2 aliphatic rings. The molecular weight excluding hydrogens is 278 g/mol. The minimum absolute atomic E-state index is 0.329. The number of pyridine rings is 1. The van der Waals surface area contributed by atoms with E-state index in [0.29, 0.717) is 11.7 Å². The molecule has 4 rings (SSSR count). The maximum Gasteiger partial charge on any atom is 0.335 e. The smallest absolute Gasteiger partial charge is 0.335 e. The Hall–Kier alpha value is -1.94. The summed E-state index contributed by atoms with van der Waals surface area (Å²) in [6.07, 6.45) is 7.74. The van der Waals surface area contributed by atoms with E-state index in [0.717, 1.165) is 23.7 Å². The minimum atomic E-state index is -0.885. The number of fused-ring (bicyclic) bond motifs is 2. The van der Waals surface area contributed by atoms with E-state index in [2.05, 4.69) is 11.1 Å². The molecule has 4 heteroatoms. The molecule has 0 saturated heterocycles. The summed E-state index contributed by atoms with van der Waals surface area (Å²) in [5.41, 5.74) is 3.70. The number of nitrogens with zero attached hydrogens (tertiary/aromatic N) is 1. The first-order valence-corrected chi connectivity index (χ1v) is 7.86. The molecule has 0 aliphatic heterocycles. The van der Waals surface area contributed by atoms with Crippen LogP contribution in [0.15, 0.2) is 24.3 Å². The predicted octanol–water partition coefficient (Wildman–Crippen LogP) is 3.61. The summed E-state index contributed by atoms with van der Waals surface area (Å²) < 4.78 is 4.86.